The SMILES string of the molecule is Cc1ccc(C)c(-c2nnc(CCNCC(C)C)s2)c1. The minimum Gasteiger partial charge on any atom is -0.316 e. The van der Waals surface area contributed by atoms with Crippen LogP contribution in [0.25, 0.3) is 10.6 Å². The Morgan fingerprint density at radius 2 is 2.00 bits per heavy atom. The molecule has 0 radical (unpaired) electrons. The average molecular weight is 289 g/mol. The minimum atomic E-state index is 0.690. The van der Waals surface area contributed by atoms with Crippen molar-refractivity contribution in [3.8, 4) is 10.6 Å². The zero-order valence-corrected chi connectivity index (χ0v) is 13.5. The Kier molecular flexibility index (Phi) is 5.26. The van der Waals surface area contributed by atoms with Crippen LogP contribution in [-0.4, -0.2) is 23.3 Å². The molecule has 2 aromatic rings. The van der Waals surface area contributed by atoms with Crippen molar-refractivity contribution < 1.29 is 0 Å². The fourth-order valence-corrected chi connectivity index (χ4v) is 2.94. The van der Waals surface area contributed by atoms with Gasteiger partial charge in [0.2, 0.25) is 0 Å². The molecule has 2 rings (SSSR count). The Labute approximate surface area is 125 Å². The molecule has 0 spiro atoms. The zero-order valence-electron chi connectivity index (χ0n) is 12.7. The Morgan fingerprint density at radius 1 is 1.20 bits per heavy atom. The zero-order chi connectivity index (χ0) is 14.5. The monoisotopic (exact) mass is 289 g/mol. The first-order valence-electron chi connectivity index (χ1n) is 7.17. The lowest BCUT2D eigenvalue weighted by Gasteiger charge is -2.05. The summed E-state index contributed by atoms with van der Waals surface area (Å²) in [6.07, 6.45) is 0.954. The molecule has 0 fully saturated rings. The molecule has 3 nitrogen and oxygen atoms in total. The van der Waals surface area contributed by atoms with E-state index in [-0.39, 0.29) is 0 Å². The van der Waals surface area contributed by atoms with Crippen molar-refractivity contribution in [3.63, 3.8) is 0 Å². The van der Waals surface area contributed by atoms with Crippen LogP contribution in [0.4, 0.5) is 0 Å². The lowest BCUT2D eigenvalue weighted by Crippen LogP contribution is -2.22. The summed E-state index contributed by atoms with van der Waals surface area (Å²) in [5.41, 5.74) is 3.74. The molecule has 0 atom stereocenters. The Balaban J connectivity index is 2.00. The van der Waals surface area contributed by atoms with Crippen molar-refractivity contribution in [2.75, 3.05) is 13.1 Å². The number of hydrogen-bond acceptors (Lipinski definition) is 4. The summed E-state index contributed by atoms with van der Waals surface area (Å²) >= 11 is 1.71. The smallest absolute Gasteiger partial charge is 0.148 e. The Bertz CT molecular complexity index is 561. The molecule has 1 N–H and O–H groups in total. The minimum absolute atomic E-state index is 0.690. The van der Waals surface area contributed by atoms with Gasteiger partial charge in [0.25, 0.3) is 0 Å². The summed E-state index contributed by atoms with van der Waals surface area (Å²) in [5, 5.41) is 14.2. The van der Waals surface area contributed by atoms with Crippen LogP contribution < -0.4 is 5.32 Å². The van der Waals surface area contributed by atoms with Crippen LogP contribution in [0.15, 0.2) is 18.2 Å². The van der Waals surface area contributed by atoms with Crippen LogP contribution in [0.2, 0.25) is 0 Å². The first kappa shape index (κ1) is 15.1. The van der Waals surface area contributed by atoms with Crippen molar-refractivity contribution in [1.82, 2.24) is 15.5 Å². The molecule has 0 unspecified atom stereocenters. The molecule has 0 aliphatic carbocycles. The third-order valence-electron chi connectivity index (χ3n) is 3.16. The van der Waals surface area contributed by atoms with Crippen LogP contribution in [-0.2, 0) is 6.42 Å². The van der Waals surface area contributed by atoms with E-state index in [0.717, 1.165) is 29.5 Å². The van der Waals surface area contributed by atoms with Crippen molar-refractivity contribution in [3.05, 3.63) is 34.3 Å². The van der Waals surface area contributed by atoms with Gasteiger partial charge >= 0.3 is 0 Å². The van der Waals surface area contributed by atoms with Crippen LogP contribution in [0.3, 0.4) is 0 Å². The van der Waals surface area contributed by atoms with E-state index in [0.29, 0.717) is 5.92 Å². The van der Waals surface area contributed by atoms with Gasteiger partial charge in [0.15, 0.2) is 0 Å². The Hall–Kier alpha value is -1.26. The fraction of sp³-hybridized carbons (Fsp3) is 0.500. The molecular weight excluding hydrogens is 266 g/mol. The highest BCUT2D eigenvalue weighted by Gasteiger charge is 2.09. The molecule has 20 heavy (non-hydrogen) atoms. The maximum absolute atomic E-state index is 4.34. The summed E-state index contributed by atoms with van der Waals surface area (Å²) in [4.78, 5) is 0. The summed E-state index contributed by atoms with van der Waals surface area (Å²) in [6, 6.07) is 6.48. The largest absolute Gasteiger partial charge is 0.316 e. The molecule has 1 aromatic carbocycles. The number of aryl methyl sites for hydroxylation is 2. The van der Waals surface area contributed by atoms with E-state index in [9.17, 15) is 0 Å². The highest BCUT2D eigenvalue weighted by Crippen LogP contribution is 2.27. The molecule has 108 valence electrons. The van der Waals surface area contributed by atoms with Gasteiger partial charge in [-0.25, -0.2) is 0 Å². The van der Waals surface area contributed by atoms with Gasteiger partial charge in [0, 0.05) is 18.5 Å². The number of nitrogens with one attached hydrogen (secondary N) is 1. The molecule has 1 aromatic heterocycles. The van der Waals surface area contributed by atoms with Crippen LogP contribution >= 0.6 is 11.3 Å². The number of hydrogen-bond donors (Lipinski definition) is 1. The predicted molar refractivity (Wildman–Crippen MR) is 86.2 cm³/mol. The Morgan fingerprint density at radius 3 is 2.75 bits per heavy atom. The molecule has 0 amide bonds. The number of rotatable bonds is 6. The normalized spacial score (nSPS) is 11.2. The van der Waals surface area contributed by atoms with Crippen molar-refractivity contribution in [1.29, 1.82) is 0 Å². The number of nitrogens with zero attached hydrogens (tertiary/aromatic N) is 2. The van der Waals surface area contributed by atoms with Gasteiger partial charge in [-0.15, -0.1) is 10.2 Å². The molecule has 1 heterocycles. The lowest BCUT2D eigenvalue weighted by atomic mass is 10.1. The lowest BCUT2D eigenvalue weighted by molar-refractivity contribution is 0.553. The van der Waals surface area contributed by atoms with E-state index < -0.39 is 0 Å². The molecule has 0 bridgehead atoms. The van der Waals surface area contributed by atoms with Gasteiger partial charge in [-0.1, -0.05) is 42.9 Å². The summed E-state index contributed by atoms with van der Waals surface area (Å²) < 4.78 is 0. The fourth-order valence-electron chi connectivity index (χ4n) is 2.02. The predicted octanol–water partition coefficient (Wildman–Crippen LogP) is 3.61. The summed E-state index contributed by atoms with van der Waals surface area (Å²) in [6.45, 7) is 10.7. The van der Waals surface area contributed by atoms with E-state index in [1.165, 1.54) is 16.7 Å². The second-order valence-corrected chi connectivity index (χ2v) is 6.73. The van der Waals surface area contributed by atoms with E-state index in [1.807, 2.05) is 0 Å². The van der Waals surface area contributed by atoms with Crippen LogP contribution in [0, 0.1) is 19.8 Å². The van der Waals surface area contributed by atoms with Gasteiger partial charge in [0.05, 0.1) is 0 Å². The number of benzene rings is 1. The van der Waals surface area contributed by atoms with E-state index in [2.05, 4.69) is 61.4 Å². The molecule has 0 saturated heterocycles. The van der Waals surface area contributed by atoms with Gasteiger partial charge in [-0.3, -0.25) is 0 Å². The third-order valence-corrected chi connectivity index (χ3v) is 4.17. The van der Waals surface area contributed by atoms with E-state index >= 15 is 0 Å². The second-order valence-electron chi connectivity index (χ2n) is 5.67. The van der Waals surface area contributed by atoms with Crippen molar-refractivity contribution in [2.45, 2.75) is 34.1 Å². The highest BCUT2D eigenvalue weighted by molar-refractivity contribution is 7.14. The molecule has 0 saturated carbocycles. The first-order valence-corrected chi connectivity index (χ1v) is 7.98. The molecule has 4 heteroatoms. The third kappa shape index (κ3) is 4.12. The van der Waals surface area contributed by atoms with Gasteiger partial charge < -0.3 is 5.32 Å². The maximum atomic E-state index is 4.34. The number of aromatic nitrogens is 2. The van der Waals surface area contributed by atoms with Crippen LogP contribution in [0.5, 0.6) is 0 Å². The van der Waals surface area contributed by atoms with Crippen LogP contribution in [0.1, 0.15) is 30.0 Å². The van der Waals surface area contributed by atoms with Crippen molar-refractivity contribution in [2.24, 2.45) is 5.92 Å². The molecular formula is C16H23N3S. The van der Waals surface area contributed by atoms with E-state index in [4.69, 9.17) is 0 Å². The molecule has 0 aliphatic rings. The maximum Gasteiger partial charge on any atom is 0.148 e. The topological polar surface area (TPSA) is 37.8 Å². The summed E-state index contributed by atoms with van der Waals surface area (Å²) in [5.74, 6) is 0.690. The molecule has 0 aliphatic heterocycles. The van der Waals surface area contributed by atoms with Gasteiger partial charge in [-0.05, 0) is 37.9 Å². The van der Waals surface area contributed by atoms with E-state index in [1.54, 1.807) is 11.3 Å². The first-order chi connectivity index (χ1) is 9.56. The quantitative estimate of drug-likeness (QED) is 0.826. The highest BCUT2D eigenvalue weighted by atomic mass is 32.1. The summed E-state index contributed by atoms with van der Waals surface area (Å²) in [7, 11) is 0. The van der Waals surface area contributed by atoms with Gasteiger partial charge in [-0.2, -0.15) is 0 Å². The second kappa shape index (κ2) is 6.95. The standard InChI is InChI=1S/C16H23N3S/c1-11(2)10-17-8-7-15-18-19-16(20-15)14-9-12(3)5-6-13(14)4/h5-6,9,11,17H,7-8,10H2,1-4H3. The van der Waals surface area contributed by atoms with Crippen molar-refractivity contribution >= 4 is 11.3 Å². The van der Waals surface area contributed by atoms with Gasteiger partial charge in [0.1, 0.15) is 10.0 Å². The average Bonchev–Trinajstić information content (AvgIpc) is 2.86.